The van der Waals surface area contributed by atoms with E-state index in [1.165, 1.54) is 0 Å². The van der Waals surface area contributed by atoms with E-state index in [-0.39, 0.29) is 17.9 Å². The summed E-state index contributed by atoms with van der Waals surface area (Å²) in [6.45, 7) is 2.27. The van der Waals surface area contributed by atoms with E-state index in [1.807, 2.05) is 35.1 Å². The Balaban J connectivity index is 2.54. The second-order valence-corrected chi connectivity index (χ2v) is 8.61. The molecule has 0 heterocycles. The maximum Gasteiger partial charge on any atom is 0.308 e. The largest absolute Gasteiger partial charge is 0.466 e. The van der Waals surface area contributed by atoms with Gasteiger partial charge in [0.25, 0.3) is 7.59 Å². The molecule has 6 nitrogen and oxygen atoms in total. The van der Waals surface area contributed by atoms with Gasteiger partial charge in [-0.15, -0.1) is 0 Å². The standard InChI is InChI=1S/C13H28N3O3P/c1-6-19-13(17)11-7-9-12(10-8-11)14-20(18,15(2)3)16(4)5/h11-12H,6-10H2,1-5H3,(H,14,18). The number of ether oxygens (including phenoxy) is 1. The predicted molar refractivity (Wildman–Crippen MR) is 80.5 cm³/mol. The highest BCUT2D eigenvalue weighted by atomic mass is 31.2. The quantitative estimate of drug-likeness (QED) is 0.597. The number of rotatable bonds is 6. The molecule has 1 aliphatic rings. The van der Waals surface area contributed by atoms with Crippen LogP contribution in [0.3, 0.4) is 0 Å². The van der Waals surface area contributed by atoms with Crippen molar-refractivity contribution in [2.45, 2.75) is 38.6 Å². The highest BCUT2D eigenvalue weighted by Crippen LogP contribution is 2.46. The second kappa shape index (κ2) is 7.55. The lowest BCUT2D eigenvalue weighted by molar-refractivity contribution is -0.149. The Hall–Kier alpha value is -0.420. The molecule has 0 aromatic carbocycles. The van der Waals surface area contributed by atoms with Gasteiger partial charge in [0.2, 0.25) is 0 Å². The molecule has 0 aromatic heterocycles. The van der Waals surface area contributed by atoms with E-state index in [9.17, 15) is 9.36 Å². The Morgan fingerprint density at radius 1 is 1.15 bits per heavy atom. The van der Waals surface area contributed by atoms with Gasteiger partial charge < -0.3 is 4.74 Å². The van der Waals surface area contributed by atoms with Crippen molar-refractivity contribution < 1.29 is 14.1 Å². The van der Waals surface area contributed by atoms with Crippen LogP contribution in [0.1, 0.15) is 32.6 Å². The summed E-state index contributed by atoms with van der Waals surface area (Å²) in [5, 5.41) is 3.28. The summed E-state index contributed by atoms with van der Waals surface area (Å²) in [5.41, 5.74) is 0. The molecular weight excluding hydrogens is 277 g/mol. The molecule has 0 aromatic rings. The molecule has 0 spiro atoms. The highest BCUT2D eigenvalue weighted by molar-refractivity contribution is 7.56. The van der Waals surface area contributed by atoms with Gasteiger partial charge in [-0.05, 0) is 60.8 Å². The van der Waals surface area contributed by atoms with Crippen LogP contribution in [-0.2, 0) is 14.1 Å². The van der Waals surface area contributed by atoms with Gasteiger partial charge in [-0.25, -0.2) is 14.4 Å². The van der Waals surface area contributed by atoms with Crippen LogP contribution in [0.25, 0.3) is 0 Å². The van der Waals surface area contributed by atoms with E-state index < -0.39 is 7.59 Å². The molecule has 118 valence electrons. The lowest BCUT2D eigenvalue weighted by Gasteiger charge is -2.36. The monoisotopic (exact) mass is 305 g/mol. The fraction of sp³-hybridized carbons (Fsp3) is 0.923. The Morgan fingerprint density at radius 3 is 2.05 bits per heavy atom. The zero-order chi connectivity index (χ0) is 15.3. The minimum absolute atomic E-state index is 0.00565. The van der Waals surface area contributed by atoms with Gasteiger partial charge in [0.15, 0.2) is 0 Å². The van der Waals surface area contributed by atoms with E-state index >= 15 is 0 Å². The first-order valence-electron chi connectivity index (χ1n) is 7.21. The zero-order valence-electron chi connectivity index (χ0n) is 13.3. The summed E-state index contributed by atoms with van der Waals surface area (Å²) in [4.78, 5) is 11.7. The van der Waals surface area contributed by atoms with E-state index in [1.54, 1.807) is 9.34 Å². The van der Waals surface area contributed by atoms with Crippen LogP contribution >= 0.6 is 7.59 Å². The molecule has 0 aliphatic heterocycles. The Morgan fingerprint density at radius 2 is 1.65 bits per heavy atom. The number of hydrogen-bond donors (Lipinski definition) is 1. The van der Waals surface area contributed by atoms with Gasteiger partial charge in [-0.2, -0.15) is 0 Å². The number of hydrogen-bond acceptors (Lipinski definition) is 3. The average Bonchev–Trinajstić information content (AvgIpc) is 2.39. The Bertz CT molecular complexity index is 354. The second-order valence-electron chi connectivity index (χ2n) is 5.67. The summed E-state index contributed by atoms with van der Waals surface area (Å²) in [6, 6.07) is 0.191. The van der Waals surface area contributed by atoms with Crippen molar-refractivity contribution in [3.05, 3.63) is 0 Å². The fourth-order valence-electron chi connectivity index (χ4n) is 2.54. The lowest BCUT2D eigenvalue weighted by atomic mass is 9.86. The van der Waals surface area contributed by atoms with Crippen LogP contribution in [0.5, 0.6) is 0 Å². The van der Waals surface area contributed by atoms with Crippen molar-refractivity contribution in [1.82, 2.24) is 14.4 Å². The van der Waals surface area contributed by atoms with Gasteiger partial charge in [-0.3, -0.25) is 9.36 Å². The van der Waals surface area contributed by atoms with Crippen molar-refractivity contribution in [2.75, 3.05) is 34.8 Å². The number of nitrogens with zero attached hydrogens (tertiary/aromatic N) is 2. The SMILES string of the molecule is CCOC(=O)C1CCC(NP(=O)(N(C)C)N(C)C)CC1. The third-order valence-corrected chi connectivity index (χ3v) is 6.65. The van der Waals surface area contributed by atoms with Crippen LogP contribution in [0, 0.1) is 5.92 Å². The van der Waals surface area contributed by atoms with Gasteiger partial charge in [-0.1, -0.05) is 0 Å². The van der Waals surface area contributed by atoms with Crippen LogP contribution in [0.15, 0.2) is 0 Å². The number of carbonyl (C=O) groups is 1. The molecule has 0 unspecified atom stereocenters. The van der Waals surface area contributed by atoms with Gasteiger partial charge in [0.1, 0.15) is 0 Å². The smallest absolute Gasteiger partial charge is 0.308 e. The van der Waals surface area contributed by atoms with E-state index in [4.69, 9.17) is 4.74 Å². The molecule has 0 saturated heterocycles. The zero-order valence-corrected chi connectivity index (χ0v) is 14.2. The molecular formula is C13H28N3O3P. The van der Waals surface area contributed by atoms with E-state index in [0.717, 1.165) is 25.7 Å². The van der Waals surface area contributed by atoms with Gasteiger partial charge >= 0.3 is 5.97 Å². The lowest BCUT2D eigenvalue weighted by Crippen LogP contribution is -2.40. The first kappa shape index (κ1) is 17.6. The van der Waals surface area contributed by atoms with Crippen LogP contribution in [0.4, 0.5) is 0 Å². The van der Waals surface area contributed by atoms with Crippen molar-refractivity contribution in [3.63, 3.8) is 0 Å². The minimum atomic E-state index is -2.69. The third kappa shape index (κ3) is 4.29. The predicted octanol–water partition coefficient (Wildman–Crippen LogP) is 1.93. The summed E-state index contributed by atoms with van der Waals surface area (Å²) >= 11 is 0. The maximum absolute atomic E-state index is 12.8. The number of esters is 1. The minimum Gasteiger partial charge on any atom is -0.466 e. The number of carbonyl (C=O) groups excluding carboxylic acids is 1. The van der Waals surface area contributed by atoms with E-state index in [0.29, 0.717) is 6.61 Å². The van der Waals surface area contributed by atoms with Gasteiger partial charge in [0, 0.05) is 6.04 Å². The topological polar surface area (TPSA) is 61.9 Å². The van der Waals surface area contributed by atoms with Crippen LogP contribution in [-0.4, -0.2) is 56.1 Å². The van der Waals surface area contributed by atoms with Crippen molar-refractivity contribution in [3.8, 4) is 0 Å². The average molecular weight is 305 g/mol. The molecule has 0 radical (unpaired) electrons. The summed E-state index contributed by atoms with van der Waals surface area (Å²) in [5.74, 6) is -0.0829. The van der Waals surface area contributed by atoms with Crippen molar-refractivity contribution in [2.24, 2.45) is 5.92 Å². The van der Waals surface area contributed by atoms with Crippen LogP contribution in [0.2, 0.25) is 0 Å². The van der Waals surface area contributed by atoms with Crippen molar-refractivity contribution >= 4 is 13.6 Å². The molecule has 1 aliphatic carbocycles. The van der Waals surface area contributed by atoms with Crippen LogP contribution < -0.4 is 5.09 Å². The maximum atomic E-state index is 12.8. The molecule has 20 heavy (non-hydrogen) atoms. The summed E-state index contributed by atoms with van der Waals surface area (Å²) in [6.07, 6.45) is 3.32. The Kier molecular flexibility index (Phi) is 6.65. The molecule has 1 fully saturated rings. The van der Waals surface area contributed by atoms with Crippen molar-refractivity contribution in [1.29, 1.82) is 0 Å². The summed E-state index contributed by atoms with van der Waals surface area (Å²) in [7, 11) is 4.58. The molecule has 0 amide bonds. The molecule has 0 atom stereocenters. The molecule has 7 heteroatoms. The highest BCUT2D eigenvalue weighted by Gasteiger charge is 2.34. The fourth-order valence-corrected chi connectivity index (χ4v) is 4.46. The molecule has 1 saturated carbocycles. The molecule has 1 rings (SSSR count). The number of nitrogens with one attached hydrogen (secondary N) is 1. The first-order valence-corrected chi connectivity index (χ1v) is 8.82. The first-order chi connectivity index (χ1) is 9.31. The van der Waals surface area contributed by atoms with Gasteiger partial charge in [0.05, 0.1) is 12.5 Å². The third-order valence-electron chi connectivity index (χ3n) is 3.78. The molecule has 0 bridgehead atoms. The summed E-state index contributed by atoms with van der Waals surface area (Å²) < 4.78 is 21.4. The normalized spacial score (nSPS) is 24.1. The Labute approximate surface area is 122 Å². The van der Waals surface area contributed by atoms with E-state index in [2.05, 4.69) is 5.09 Å². The molecule has 1 N–H and O–H groups in total.